The molecule has 3 aromatic rings. The number of anilines is 1. The summed E-state index contributed by atoms with van der Waals surface area (Å²) in [6.07, 6.45) is 0.814. The van der Waals surface area contributed by atoms with E-state index in [0.29, 0.717) is 18.7 Å². The van der Waals surface area contributed by atoms with Gasteiger partial charge in [0.15, 0.2) is 5.58 Å². The fraction of sp³-hybridized carbons (Fsp3) is 0.444. The van der Waals surface area contributed by atoms with Crippen molar-refractivity contribution in [2.45, 2.75) is 33.9 Å². The smallest absolute Gasteiger partial charge is 0.256 e. The number of aryl methyl sites for hydroxylation is 2. The van der Waals surface area contributed by atoms with Gasteiger partial charge in [0.05, 0.1) is 18.8 Å². The molecule has 0 saturated carbocycles. The van der Waals surface area contributed by atoms with E-state index in [2.05, 4.69) is 34.8 Å². The minimum atomic E-state index is -0.0760. The second-order valence-electron chi connectivity index (χ2n) is 8.92. The molecule has 9 heteroatoms. The summed E-state index contributed by atoms with van der Waals surface area (Å²) in [7, 11) is 3.74. The molecule has 2 aromatic carbocycles. The van der Waals surface area contributed by atoms with Gasteiger partial charge in [-0.15, -0.1) is 0 Å². The molecule has 4 rings (SSSR count). The monoisotopic (exact) mass is 494 g/mol. The Kier molecular flexibility index (Phi) is 9.98. The van der Waals surface area contributed by atoms with Crippen LogP contribution in [0.15, 0.2) is 40.9 Å². The maximum Gasteiger partial charge on any atom is 0.256 e. The Hall–Kier alpha value is -3.27. The van der Waals surface area contributed by atoms with Gasteiger partial charge in [0.2, 0.25) is 0 Å². The largest absolute Gasteiger partial charge is 0.356 e. The number of carbonyl (C=O) groups excluding carboxylic acids is 2. The van der Waals surface area contributed by atoms with Crippen molar-refractivity contribution in [2.24, 2.45) is 0 Å². The van der Waals surface area contributed by atoms with Crippen molar-refractivity contribution in [2.75, 3.05) is 51.7 Å². The summed E-state index contributed by atoms with van der Waals surface area (Å²) in [5.41, 5.74) is 5.70. The van der Waals surface area contributed by atoms with Crippen LogP contribution in [0, 0.1) is 13.8 Å². The van der Waals surface area contributed by atoms with Gasteiger partial charge in [-0.3, -0.25) is 9.80 Å². The molecule has 0 unspecified atom stereocenters. The Labute approximate surface area is 213 Å². The molecular formula is C27H38N6O3. The van der Waals surface area contributed by atoms with E-state index in [1.165, 1.54) is 11.1 Å². The third-order valence-electron chi connectivity index (χ3n) is 6.34. The van der Waals surface area contributed by atoms with Crippen LogP contribution in [0.1, 0.15) is 29.3 Å². The number of benzene rings is 2. The van der Waals surface area contributed by atoms with Crippen LogP contribution in [0.3, 0.4) is 0 Å². The molecule has 2 heterocycles. The number of hydrogen-bond acceptors (Lipinski definition) is 8. The lowest BCUT2D eigenvalue weighted by molar-refractivity contribution is -0.145. The zero-order chi connectivity index (χ0) is 26.1. The molecule has 0 radical (unpaired) electrons. The highest BCUT2D eigenvalue weighted by Gasteiger charge is 2.26. The van der Waals surface area contributed by atoms with Gasteiger partial charge >= 0.3 is 0 Å². The topological polar surface area (TPSA) is 93.9 Å². The normalized spacial score (nSPS) is 12.7. The number of fused-ring (bicyclic) bond motifs is 2. The fourth-order valence-electron chi connectivity index (χ4n) is 4.22. The molecule has 1 aliphatic rings. The third-order valence-corrected chi connectivity index (χ3v) is 6.34. The highest BCUT2D eigenvalue weighted by atomic mass is 16.5. The van der Waals surface area contributed by atoms with Crippen molar-refractivity contribution in [1.29, 1.82) is 0 Å². The molecule has 1 amide bonds. The third kappa shape index (κ3) is 6.69. The van der Waals surface area contributed by atoms with Crippen LogP contribution in [0.4, 0.5) is 5.69 Å². The number of nitrogens with zero attached hydrogens (tertiary/aromatic N) is 4. The van der Waals surface area contributed by atoms with Crippen LogP contribution in [0.5, 0.6) is 0 Å². The van der Waals surface area contributed by atoms with E-state index >= 15 is 0 Å². The lowest BCUT2D eigenvalue weighted by Gasteiger charge is -2.31. The molecular weight excluding hydrogens is 456 g/mol. The van der Waals surface area contributed by atoms with Crippen molar-refractivity contribution >= 4 is 28.8 Å². The van der Waals surface area contributed by atoms with Crippen LogP contribution in [-0.4, -0.2) is 74.2 Å². The average molecular weight is 495 g/mol. The van der Waals surface area contributed by atoms with E-state index in [9.17, 15) is 9.59 Å². The molecule has 1 aliphatic heterocycles. The van der Waals surface area contributed by atoms with Crippen molar-refractivity contribution in [3.8, 4) is 0 Å². The standard InChI is InChI=1S/C22H24N4O3.C5H14N2/c1-15-10-19-16(2)23-29-21(19)11-20(15)25(8-9-27)14-22(28)24(3)26-12-17-6-4-5-7-18(17)13-26;1-3-7-5-4-6-2/h4-7,9-11H,8,12-14H2,1-3H3;6-7H,3-5H2,1-2H3. The van der Waals surface area contributed by atoms with Crippen LogP contribution >= 0.6 is 0 Å². The number of hydrogen-bond donors (Lipinski definition) is 2. The Morgan fingerprint density at radius 2 is 1.86 bits per heavy atom. The van der Waals surface area contributed by atoms with Crippen molar-refractivity contribution in [1.82, 2.24) is 25.8 Å². The Balaban J connectivity index is 0.000000454. The number of aromatic nitrogens is 1. The predicted molar refractivity (Wildman–Crippen MR) is 143 cm³/mol. The summed E-state index contributed by atoms with van der Waals surface area (Å²) in [5, 5.41) is 14.8. The van der Waals surface area contributed by atoms with Gasteiger partial charge in [0.25, 0.3) is 5.91 Å². The van der Waals surface area contributed by atoms with E-state index < -0.39 is 0 Å². The lowest BCUT2D eigenvalue weighted by atomic mass is 10.1. The molecule has 36 heavy (non-hydrogen) atoms. The maximum absolute atomic E-state index is 13.0. The molecule has 0 spiro atoms. The van der Waals surface area contributed by atoms with Crippen LogP contribution in [-0.2, 0) is 22.7 Å². The summed E-state index contributed by atoms with van der Waals surface area (Å²) in [5.74, 6) is -0.0760. The van der Waals surface area contributed by atoms with Gasteiger partial charge in [-0.25, -0.2) is 5.01 Å². The minimum Gasteiger partial charge on any atom is -0.356 e. The number of rotatable bonds is 10. The maximum atomic E-state index is 13.0. The number of hydrazine groups is 1. The van der Waals surface area contributed by atoms with Gasteiger partial charge < -0.3 is 24.9 Å². The predicted octanol–water partition coefficient (Wildman–Crippen LogP) is 2.65. The molecule has 194 valence electrons. The Morgan fingerprint density at radius 3 is 2.47 bits per heavy atom. The highest BCUT2D eigenvalue weighted by molar-refractivity contribution is 5.88. The number of likely N-dealkylation sites (N-methyl/N-ethyl adjacent to an activating group) is 3. The number of nitrogens with one attached hydrogen (secondary N) is 2. The first-order valence-electron chi connectivity index (χ1n) is 12.4. The Bertz CT molecular complexity index is 1130. The van der Waals surface area contributed by atoms with Crippen LogP contribution in [0.25, 0.3) is 11.0 Å². The second-order valence-corrected chi connectivity index (χ2v) is 8.92. The molecule has 0 fully saturated rings. The highest BCUT2D eigenvalue weighted by Crippen LogP contribution is 2.29. The first-order chi connectivity index (χ1) is 17.4. The number of aldehydes is 1. The SMILES string of the molecule is CCNCCNC.Cc1cc2c(C)noc2cc1N(CC=O)CC(=O)N(C)N1Cc2ccccc2C1. The van der Waals surface area contributed by atoms with E-state index in [4.69, 9.17) is 4.52 Å². The quantitative estimate of drug-likeness (QED) is 0.328. The van der Waals surface area contributed by atoms with Crippen molar-refractivity contribution < 1.29 is 14.1 Å². The number of amides is 1. The lowest BCUT2D eigenvalue weighted by Crippen LogP contribution is -2.46. The van der Waals surface area contributed by atoms with E-state index in [1.54, 1.807) is 17.0 Å². The zero-order valence-corrected chi connectivity index (χ0v) is 22.0. The van der Waals surface area contributed by atoms with E-state index in [1.807, 2.05) is 50.2 Å². The first kappa shape index (κ1) is 27.3. The van der Waals surface area contributed by atoms with E-state index in [-0.39, 0.29) is 19.0 Å². The molecule has 2 N–H and O–H groups in total. The summed E-state index contributed by atoms with van der Waals surface area (Å²) >= 11 is 0. The van der Waals surface area contributed by atoms with Gasteiger partial charge in [0, 0.05) is 50.4 Å². The molecule has 0 bridgehead atoms. The van der Waals surface area contributed by atoms with Gasteiger partial charge in [-0.05, 0) is 50.2 Å². The molecule has 1 aromatic heterocycles. The molecule has 0 atom stereocenters. The van der Waals surface area contributed by atoms with Crippen molar-refractivity contribution in [3.05, 3.63) is 58.8 Å². The number of carbonyl (C=O) groups is 2. The van der Waals surface area contributed by atoms with Crippen LogP contribution < -0.4 is 15.5 Å². The van der Waals surface area contributed by atoms with E-state index in [0.717, 1.165) is 48.3 Å². The second kappa shape index (κ2) is 13.2. The molecule has 0 aliphatic carbocycles. The first-order valence-corrected chi connectivity index (χ1v) is 12.4. The van der Waals surface area contributed by atoms with Gasteiger partial charge in [-0.2, -0.15) is 0 Å². The minimum absolute atomic E-state index is 0.0760. The van der Waals surface area contributed by atoms with Crippen molar-refractivity contribution in [3.63, 3.8) is 0 Å². The fourth-order valence-corrected chi connectivity index (χ4v) is 4.22. The summed E-state index contributed by atoms with van der Waals surface area (Å²) in [6.45, 7) is 10.8. The molecule has 0 saturated heterocycles. The Morgan fingerprint density at radius 1 is 1.17 bits per heavy atom. The van der Waals surface area contributed by atoms with Gasteiger partial charge in [0.1, 0.15) is 6.29 Å². The van der Waals surface area contributed by atoms with Gasteiger partial charge in [-0.1, -0.05) is 36.3 Å². The zero-order valence-electron chi connectivity index (χ0n) is 22.0. The molecule has 9 nitrogen and oxygen atoms in total. The summed E-state index contributed by atoms with van der Waals surface area (Å²) in [4.78, 5) is 26.1. The summed E-state index contributed by atoms with van der Waals surface area (Å²) < 4.78 is 5.37. The van der Waals surface area contributed by atoms with Crippen LogP contribution in [0.2, 0.25) is 0 Å². The average Bonchev–Trinajstić information content (AvgIpc) is 3.47. The summed E-state index contributed by atoms with van der Waals surface area (Å²) in [6, 6.07) is 12.0.